The summed E-state index contributed by atoms with van der Waals surface area (Å²) in [5.41, 5.74) is -0.480. The van der Waals surface area contributed by atoms with Crippen LogP contribution in [0.25, 0.3) is 0 Å². The summed E-state index contributed by atoms with van der Waals surface area (Å²) < 4.78 is 34.2. The van der Waals surface area contributed by atoms with Crippen LogP contribution in [0.1, 0.15) is 27.7 Å². The molecule has 8 heteroatoms. The largest absolute Gasteiger partial charge is 0.465 e. The van der Waals surface area contributed by atoms with E-state index in [0.717, 1.165) is 0 Å². The van der Waals surface area contributed by atoms with E-state index in [2.05, 4.69) is 0 Å². The molecule has 0 N–H and O–H groups in total. The van der Waals surface area contributed by atoms with Crippen LogP contribution < -0.4 is 0 Å². The summed E-state index contributed by atoms with van der Waals surface area (Å²) in [7, 11) is 0. The van der Waals surface area contributed by atoms with E-state index in [0.29, 0.717) is 0 Å². The van der Waals surface area contributed by atoms with Gasteiger partial charge in [-0.15, -0.1) is 0 Å². The summed E-state index contributed by atoms with van der Waals surface area (Å²) in [6.45, 7) is 8.27. The monoisotopic (exact) mass is 408 g/mol. The molecule has 0 aliphatic carbocycles. The summed E-state index contributed by atoms with van der Waals surface area (Å²) in [4.78, 5) is 25.4. The predicted molar refractivity (Wildman–Crippen MR) is 95.7 cm³/mol. The maximum Gasteiger partial charge on any atom is 0.312 e. The van der Waals surface area contributed by atoms with Crippen molar-refractivity contribution in [3.05, 3.63) is 0 Å². The molecule has 6 aliphatic rings. The van der Waals surface area contributed by atoms with Gasteiger partial charge in [0.15, 0.2) is 0 Å². The molecule has 0 amide bonds. The highest BCUT2D eigenvalue weighted by Crippen LogP contribution is 2.55. The first-order valence-electron chi connectivity index (χ1n) is 10.7. The van der Waals surface area contributed by atoms with Crippen LogP contribution in [-0.2, 0) is 38.0 Å². The van der Waals surface area contributed by atoms with Crippen molar-refractivity contribution in [3.8, 4) is 0 Å². The van der Waals surface area contributed by atoms with Gasteiger partial charge in [0.1, 0.15) is 36.6 Å². The molecule has 6 saturated heterocycles. The lowest BCUT2D eigenvalue weighted by Crippen LogP contribution is -2.40. The molecule has 0 radical (unpaired) electrons. The van der Waals surface area contributed by atoms with Crippen LogP contribution in [0.15, 0.2) is 0 Å². The number of ether oxygens (including phenoxy) is 6. The molecule has 12 atom stereocenters. The lowest BCUT2D eigenvalue weighted by atomic mass is 9.80. The number of carbonyl (C=O) groups excluding carboxylic acids is 2. The van der Waals surface area contributed by atoms with Crippen LogP contribution in [0.5, 0.6) is 0 Å². The highest BCUT2D eigenvalue weighted by molar-refractivity contribution is 5.75. The Morgan fingerprint density at radius 2 is 1.00 bits per heavy atom. The van der Waals surface area contributed by atoms with E-state index in [-0.39, 0.29) is 97.7 Å². The number of epoxide rings is 2. The van der Waals surface area contributed by atoms with Crippen molar-refractivity contribution in [2.45, 2.75) is 76.5 Å². The van der Waals surface area contributed by atoms with Crippen LogP contribution in [0.2, 0.25) is 0 Å². The van der Waals surface area contributed by atoms with E-state index in [4.69, 9.17) is 28.4 Å². The zero-order valence-corrected chi connectivity index (χ0v) is 17.1. The minimum atomic E-state index is -0.480. The van der Waals surface area contributed by atoms with Gasteiger partial charge in [0, 0.05) is 17.3 Å². The maximum atomic E-state index is 12.7. The molecule has 6 rings (SSSR count). The van der Waals surface area contributed by atoms with Gasteiger partial charge >= 0.3 is 11.9 Å². The molecule has 160 valence electrons. The Kier molecular flexibility index (Phi) is 3.79. The lowest BCUT2D eigenvalue weighted by Gasteiger charge is -2.28. The van der Waals surface area contributed by atoms with E-state index < -0.39 is 5.41 Å². The van der Waals surface area contributed by atoms with E-state index in [1.807, 2.05) is 27.7 Å². The topological polar surface area (TPSA) is 96.1 Å². The molecule has 29 heavy (non-hydrogen) atoms. The number of esters is 2. The Balaban J connectivity index is 1.01. The zero-order chi connectivity index (χ0) is 20.2. The summed E-state index contributed by atoms with van der Waals surface area (Å²) in [5.74, 6) is -0.841. The normalized spacial score (nSPS) is 52.8. The Hall–Kier alpha value is -1.22. The van der Waals surface area contributed by atoms with Crippen molar-refractivity contribution < 1.29 is 38.0 Å². The molecule has 4 bridgehead atoms. The predicted octanol–water partition coefficient (Wildman–Crippen LogP) is 0.700. The van der Waals surface area contributed by atoms with Crippen molar-refractivity contribution in [2.75, 3.05) is 13.2 Å². The van der Waals surface area contributed by atoms with Gasteiger partial charge in [-0.25, -0.2) is 0 Å². The second kappa shape index (κ2) is 5.93. The van der Waals surface area contributed by atoms with Gasteiger partial charge in [0.2, 0.25) is 0 Å². The van der Waals surface area contributed by atoms with Gasteiger partial charge in [0.25, 0.3) is 0 Å². The van der Waals surface area contributed by atoms with Crippen LogP contribution >= 0.6 is 0 Å². The van der Waals surface area contributed by atoms with E-state index in [1.165, 1.54) is 0 Å². The fourth-order valence-corrected chi connectivity index (χ4v) is 5.90. The van der Waals surface area contributed by atoms with Gasteiger partial charge < -0.3 is 28.4 Å². The van der Waals surface area contributed by atoms with Crippen LogP contribution in [0.4, 0.5) is 0 Å². The molecule has 0 spiro atoms. The van der Waals surface area contributed by atoms with Gasteiger partial charge in [-0.1, -0.05) is 27.7 Å². The van der Waals surface area contributed by atoms with Crippen molar-refractivity contribution in [1.29, 1.82) is 0 Å². The van der Waals surface area contributed by atoms with Crippen molar-refractivity contribution in [1.82, 2.24) is 0 Å². The van der Waals surface area contributed by atoms with Gasteiger partial charge in [0.05, 0.1) is 37.3 Å². The number of hydrogen-bond donors (Lipinski definition) is 0. The first-order chi connectivity index (χ1) is 13.8. The van der Waals surface area contributed by atoms with Gasteiger partial charge in [-0.3, -0.25) is 9.59 Å². The number of hydrogen-bond acceptors (Lipinski definition) is 8. The maximum absolute atomic E-state index is 12.7. The second-order valence-corrected chi connectivity index (χ2v) is 10.4. The molecular formula is C21H28O8. The van der Waals surface area contributed by atoms with E-state index in [1.54, 1.807) is 0 Å². The van der Waals surface area contributed by atoms with Crippen LogP contribution in [-0.4, -0.2) is 74.0 Å². The molecular weight excluding hydrogens is 380 g/mol. The lowest BCUT2D eigenvalue weighted by molar-refractivity contribution is -0.161. The van der Waals surface area contributed by atoms with Crippen molar-refractivity contribution in [3.63, 3.8) is 0 Å². The highest BCUT2D eigenvalue weighted by atomic mass is 16.7. The Morgan fingerprint density at radius 3 is 1.38 bits per heavy atom. The minimum absolute atomic E-state index is 0.0116. The molecule has 0 aromatic carbocycles. The molecule has 12 unspecified atom stereocenters. The third-order valence-corrected chi connectivity index (χ3v) is 7.68. The third-order valence-electron chi connectivity index (χ3n) is 7.68. The van der Waals surface area contributed by atoms with E-state index in [9.17, 15) is 9.59 Å². The molecule has 0 aromatic rings. The Bertz CT molecular complexity index is 691. The average Bonchev–Trinajstić information content (AvgIpc) is 3.53. The van der Waals surface area contributed by atoms with Gasteiger partial charge in [-0.2, -0.15) is 0 Å². The average molecular weight is 408 g/mol. The minimum Gasteiger partial charge on any atom is -0.465 e. The van der Waals surface area contributed by atoms with Crippen LogP contribution in [0.3, 0.4) is 0 Å². The van der Waals surface area contributed by atoms with Crippen LogP contribution in [0, 0.1) is 29.1 Å². The number of fused-ring (bicyclic) bond motifs is 10. The summed E-state index contributed by atoms with van der Waals surface area (Å²) in [5, 5.41) is 0. The fraction of sp³-hybridized carbons (Fsp3) is 0.905. The molecule has 6 fully saturated rings. The number of carbonyl (C=O) groups is 2. The molecule has 6 aliphatic heterocycles. The Morgan fingerprint density at radius 1 is 0.655 bits per heavy atom. The quantitative estimate of drug-likeness (QED) is 0.468. The first-order valence-corrected chi connectivity index (χ1v) is 10.7. The first kappa shape index (κ1) is 18.5. The Labute approximate surface area is 169 Å². The number of rotatable bonds is 6. The van der Waals surface area contributed by atoms with E-state index >= 15 is 0 Å². The molecule has 8 nitrogen and oxygen atoms in total. The zero-order valence-electron chi connectivity index (χ0n) is 17.1. The summed E-state index contributed by atoms with van der Waals surface area (Å²) in [6, 6.07) is 0. The summed E-state index contributed by atoms with van der Waals surface area (Å²) >= 11 is 0. The standard InChI is InChI=1S/C21H28O8/c1-7-9(13-17-15(28-17)11(7)26-13)19(22)24-5-21(3,4)6-25-20(23)10-8(2)12-16-18(29-16)14(10)27-12/h7-18H,5-6H2,1-4H3. The smallest absolute Gasteiger partial charge is 0.312 e. The SMILES string of the molecule is CC1C2OC(C3OC23)C1C(=O)OCC(C)(C)COC(=O)C1C(C)C2OC1C1OC21. The molecule has 0 saturated carbocycles. The van der Waals surface area contributed by atoms with Crippen molar-refractivity contribution >= 4 is 11.9 Å². The molecule has 0 aromatic heterocycles. The second-order valence-electron chi connectivity index (χ2n) is 10.4. The fourth-order valence-electron chi connectivity index (χ4n) is 5.90. The van der Waals surface area contributed by atoms with Gasteiger partial charge in [-0.05, 0) is 0 Å². The third kappa shape index (κ3) is 2.65. The molecule has 6 heterocycles. The highest BCUT2D eigenvalue weighted by Gasteiger charge is 2.71. The van der Waals surface area contributed by atoms with Crippen molar-refractivity contribution in [2.24, 2.45) is 29.1 Å². The summed E-state index contributed by atoms with van der Waals surface area (Å²) in [6.07, 6.45) is 0.122.